The number of esters is 1. The van der Waals surface area contributed by atoms with Gasteiger partial charge in [0.1, 0.15) is 22.8 Å². The minimum absolute atomic E-state index is 0.201. The molecular weight excluding hydrogens is 482 g/mol. The van der Waals surface area contributed by atoms with E-state index in [4.69, 9.17) is 16.3 Å². The van der Waals surface area contributed by atoms with E-state index in [1.54, 1.807) is 47.0 Å². The first-order valence-electron chi connectivity index (χ1n) is 9.77. The van der Waals surface area contributed by atoms with E-state index in [9.17, 15) is 14.4 Å². The summed E-state index contributed by atoms with van der Waals surface area (Å²) in [7, 11) is 1.27. The van der Waals surface area contributed by atoms with Crippen LogP contribution in [0, 0.1) is 6.92 Å². The number of carbonyl (C=O) groups is 2. The molecule has 0 atom stereocenters. The van der Waals surface area contributed by atoms with Crippen LogP contribution in [0.5, 0.6) is 0 Å². The van der Waals surface area contributed by atoms with Crippen LogP contribution in [0.4, 0.5) is 5.00 Å². The highest BCUT2D eigenvalue weighted by Gasteiger charge is 2.23. The molecule has 4 rings (SSSR count). The molecule has 168 valence electrons. The average molecular weight is 500 g/mol. The number of nitrogens with one attached hydrogen (secondary N) is 1. The van der Waals surface area contributed by atoms with Crippen molar-refractivity contribution in [3.63, 3.8) is 0 Å². The predicted molar refractivity (Wildman–Crippen MR) is 131 cm³/mol. The zero-order chi connectivity index (χ0) is 23.5. The van der Waals surface area contributed by atoms with E-state index in [1.807, 2.05) is 19.1 Å². The Labute approximate surface area is 202 Å². The van der Waals surface area contributed by atoms with Gasteiger partial charge in [0.15, 0.2) is 0 Å². The van der Waals surface area contributed by atoms with Gasteiger partial charge in [0, 0.05) is 32.5 Å². The van der Waals surface area contributed by atoms with Crippen LogP contribution in [0.15, 0.2) is 58.7 Å². The van der Waals surface area contributed by atoms with Crippen molar-refractivity contribution in [2.45, 2.75) is 13.5 Å². The topological polar surface area (TPSA) is 90.3 Å². The molecule has 33 heavy (non-hydrogen) atoms. The van der Waals surface area contributed by atoms with Crippen LogP contribution < -0.4 is 10.9 Å². The summed E-state index contributed by atoms with van der Waals surface area (Å²) in [5, 5.41) is 9.54. The number of benzene rings is 1. The second-order valence-electron chi connectivity index (χ2n) is 7.00. The Hall–Kier alpha value is -3.27. The molecule has 0 spiro atoms. The molecule has 0 aliphatic carbocycles. The fourth-order valence-electron chi connectivity index (χ4n) is 3.20. The zero-order valence-corrected chi connectivity index (χ0v) is 20.0. The van der Waals surface area contributed by atoms with Crippen molar-refractivity contribution in [3.05, 3.63) is 79.7 Å². The molecule has 3 heterocycles. The molecule has 0 bridgehead atoms. The van der Waals surface area contributed by atoms with Gasteiger partial charge in [-0.15, -0.1) is 22.7 Å². The first-order chi connectivity index (χ1) is 15.9. The number of thiophene rings is 2. The molecular formula is C23H18ClN3O4S2. The number of carbonyl (C=O) groups excluding carboxylic acids is 2. The van der Waals surface area contributed by atoms with E-state index in [0.717, 1.165) is 14.4 Å². The molecule has 3 aromatic heterocycles. The van der Waals surface area contributed by atoms with Crippen molar-refractivity contribution < 1.29 is 14.3 Å². The maximum absolute atomic E-state index is 12.8. The smallest absolute Gasteiger partial charge is 0.341 e. The van der Waals surface area contributed by atoms with E-state index in [2.05, 4.69) is 10.4 Å². The standard InChI is InChI=1S/C23H18ClN3O4S2/c1-13-7-9-18(33-13)17-8-10-20(29)27(26-17)11-19(28)25-22-21(23(30)31-2)15(12-32-22)14-5-3-4-6-16(14)24/h3-10,12H,11H2,1-2H3,(H,25,28). The molecule has 4 aromatic rings. The third kappa shape index (κ3) is 4.90. The second-order valence-corrected chi connectivity index (χ2v) is 9.57. The Balaban J connectivity index is 1.61. The zero-order valence-electron chi connectivity index (χ0n) is 17.6. The Bertz CT molecular complexity index is 1410. The number of aryl methyl sites for hydroxylation is 1. The number of halogens is 1. The normalized spacial score (nSPS) is 10.8. The Kier molecular flexibility index (Phi) is 6.73. The van der Waals surface area contributed by atoms with Crippen LogP contribution in [0.3, 0.4) is 0 Å². The summed E-state index contributed by atoms with van der Waals surface area (Å²) in [5.41, 5.74) is 1.60. The molecule has 0 aliphatic rings. The van der Waals surface area contributed by atoms with Crippen LogP contribution in [0.2, 0.25) is 5.02 Å². The highest BCUT2D eigenvalue weighted by molar-refractivity contribution is 7.15. The van der Waals surface area contributed by atoms with Crippen molar-refractivity contribution in [2.75, 3.05) is 12.4 Å². The minimum Gasteiger partial charge on any atom is -0.465 e. The van der Waals surface area contributed by atoms with Crippen molar-refractivity contribution in [1.82, 2.24) is 9.78 Å². The lowest BCUT2D eigenvalue weighted by atomic mass is 10.0. The number of methoxy groups -OCH3 is 1. The molecule has 0 aliphatic heterocycles. The predicted octanol–water partition coefficient (Wildman–Crippen LogP) is 5.09. The quantitative estimate of drug-likeness (QED) is 0.373. The van der Waals surface area contributed by atoms with Crippen LogP contribution >= 0.6 is 34.3 Å². The van der Waals surface area contributed by atoms with Crippen LogP contribution in [0.25, 0.3) is 21.7 Å². The van der Waals surface area contributed by atoms with Crippen molar-refractivity contribution in [3.8, 4) is 21.7 Å². The highest BCUT2D eigenvalue weighted by atomic mass is 35.5. The van der Waals surface area contributed by atoms with Gasteiger partial charge in [-0.25, -0.2) is 9.48 Å². The summed E-state index contributed by atoms with van der Waals surface area (Å²) < 4.78 is 6.03. The molecule has 1 amide bonds. The van der Waals surface area contributed by atoms with Crippen molar-refractivity contribution in [1.29, 1.82) is 0 Å². The summed E-state index contributed by atoms with van der Waals surface area (Å²) in [5.74, 6) is -1.10. The number of hydrogen-bond acceptors (Lipinski definition) is 7. The maximum atomic E-state index is 12.8. The monoisotopic (exact) mass is 499 g/mol. The molecule has 0 saturated heterocycles. The summed E-state index contributed by atoms with van der Waals surface area (Å²) in [6, 6.07) is 14.0. The van der Waals surface area contributed by atoms with Gasteiger partial charge < -0.3 is 10.1 Å². The minimum atomic E-state index is -0.605. The number of ether oxygens (including phenoxy) is 1. The van der Waals surface area contributed by atoms with E-state index in [1.165, 1.54) is 24.5 Å². The van der Waals surface area contributed by atoms with Crippen LogP contribution in [-0.2, 0) is 16.1 Å². The number of anilines is 1. The van der Waals surface area contributed by atoms with E-state index < -0.39 is 17.4 Å². The Morgan fingerprint density at radius 2 is 1.91 bits per heavy atom. The van der Waals surface area contributed by atoms with Gasteiger partial charge in [0.05, 0.1) is 12.0 Å². The van der Waals surface area contributed by atoms with Gasteiger partial charge in [-0.1, -0.05) is 29.8 Å². The summed E-state index contributed by atoms with van der Waals surface area (Å²) in [6.07, 6.45) is 0. The number of nitrogens with zero attached hydrogens (tertiary/aromatic N) is 2. The number of rotatable bonds is 6. The molecule has 1 aromatic carbocycles. The number of aromatic nitrogens is 2. The third-order valence-electron chi connectivity index (χ3n) is 4.75. The van der Waals surface area contributed by atoms with Crippen LogP contribution in [0.1, 0.15) is 15.2 Å². The molecule has 0 saturated carbocycles. The Morgan fingerprint density at radius 1 is 1.12 bits per heavy atom. The second kappa shape index (κ2) is 9.70. The summed E-state index contributed by atoms with van der Waals surface area (Å²) in [6.45, 7) is 1.67. The average Bonchev–Trinajstić information content (AvgIpc) is 3.41. The first-order valence-corrected chi connectivity index (χ1v) is 11.8. The van der Waals surface area contributed by atoms with Gasteiger partial charge in [0.25, 0.3) is 5.56 Å². The summed E-state index contributed by atoms with van der Waals surface area (Å²) in [4.78, 5) is 39.6. The van der Waals surface area contributed by atoms with Gasteiger partial charge in [0.2, 0.25) is 5.91 Å². The van der Waals surface area contributed by atoms with E-state index >= 15 is 0 Å². The fourth-order valence-corrected chi connectivity index (χ4v) is 5.23. The van der Waals surface area contributed by atoms with Crippen LogP contribution in [-0.4, -0.2) is 28.8 Å². The Morgan fingerprint density at radius 3 is 2.61 bits per heavy atom. The molecule has 7 nitrogen and oxygen atoms in total. The SMILES string of the molecule is COC(=O)c1c(-c2ccccc2Cl)csc1NC(=O)Cn1nc(-c2ccc(C)s2)ccc1=O. The summed E-state index contributed by atoms with van der Waals surface area (Å²) >= 11 is 9.02. The van der Waals surface area contributed by atoms with Gasteiger partial charge in [-0.3, -0.25) is 9.59 Å². The molecule has 0 unspecified atom stereocenters. The lowest BCUT2D eigenvalue weighted by Crippen LogP contribution is -2.29. The fraction of sp³-hybridized carbons (Fsp3) is 0.130. The lowest BCUT2D eigenvalue weighted by molar-refractivity contribution is -0.116. The maximum Gasteiger partial charge on any atom is 0.341 e. The molecule has 1 N–H and O–H groups in total. The van der Waals surface area contributed by atoms with E-state index in [0.29, 0.717) is 26.8 Å². The third-order valence-corrected chi connectivity index (χ3v) is 7.00. The molecule has 10 heteroatoms. The first kappa shape index (κ1) is 22.9. The largest absolute Gasteiger partial charge is 0.465 e. The van der Waals surface area contributed by atoms with Crippen molar-refractivity contribution >= 4 is 51.2 Å². The molecule has 0 radical (unpaired) electrons. The van der Waals surface area contributed by atoms with Gasteiger partial charge >= 0.3 is 5.97 Å². The van der Waals surface area contributed by atoms with Gasteiger partial charge in [-0.05, 0) is 31.2 Å². The van der Waals surface area contributed by atoms with Crippen molar-refractivity contribution in [2.24, 2.45) is 0 Å². The highest BCUT2D eigenvalue weighted by Crippen LogP contribution is 2.39. The van der Waals surface area contributed by atoms with E-state index in [-0.39, 0.29) is 12.1 Å². The number of amides is 1. The van der Waals surface area contributed by atoms with Gasteiger partial charge in [-0.2, -0.15) is 5.10 Å². The number of hydrogen-bond donors (Lipinski definition) is 1. The molecule has 0 fully saturated rings. The lowest BCUT2D eigenvalue weighted by Gasteiger charge is -2.09.